The van der Waals surface area contributed by atoms with Gasteiger partial charge in [0.1, 0.15) is 0 Å². The van der Waals surface area contributed by atoms with Crippen molar-refractivity contribution in [1.29, 1.82) is 0 Å². The molecule has 388 valence electrons. The van der Waals surface area contributed by atoms with Crippen molar-refractivity contribution in [3.63, 3.8) is 0 Å². The van der Waals surface area contributed by atoms with Gasteiger partial charge >= 0.3 is 0 Å². The molecule has 0 fully saturated rings. The van der Waals surface area contributed by atoms with Gasteiger partial charge < -0.3 is 0 Å². The van der Waals surface area contributed by atoms with Crippen LogP contribution in [-0.2, 0) is 5.41 Å². The number of hydrogen-bond acceptors (Lipinski definition) is 0. The molecule has 0 aliphatic carbocycles. The lowest BCUT2D eigenvalue weighted by molar-refractivity contribution is 0.590. The molecular weight excluding hydrogens is 985 g/mol. The summed E-state index contributed by atoms with van der Waals surface area (Å²) in [6.45, 7) is 11.2. The standard InChI is InChI=1S/C42H32.C40H28/c1-42(2,3)33-19-13-28(14-20-33)34-21-15-29-18-24-37-35(22-16-30-17-23-36(34)40(29)41(30)37)39-26-32-12-8-7-11-31(32)25-38(39)27-9-5-4-6-10-27;1-25-20-26(2)22-32(21-25)33-16-12-28-15-19-36-34(17-13-29-14-18-35(33)39(28)40(29)36)38-24-31-11-7-6-10-30(31)23-37(38)27-8-4-3-5-9-27/h4-26H,1-3H3;3-24H,1-2H3. The van der Waals surface area contributed by atoms with Crippen molar-refractivity contribution in [3.8, 4) is 66.8 Å². The van der Waals surface area contributed by atoms with E-state index < -0.39 is 0 Å². The number of rotatable bonds is 6. The highest BCUT2D eigenvalue weighted by Gasteiger charge is 2.21. The lowest BCUT2D eigenvalue weighted by Gasteiger charge is -2.20. The Morgan fingerprint density at radius 2 is 0.512 bits per heavy atom. The van der Waals surface area contributed by atoms with Crippen LogP contribution in [0.5, 0.6) is 0 Å². The predicted molar refractivity (Wildman–Crippen MR) is 356 cm³/mol. The highest BCUT2D eigenvalue weighted by molar-refractivity contribution is 6.29. The molecule has 16 rings (SSSR count). The van der Waals surface area contributed by atoms with Gasteiger partial charge in [0.15, 0.2) is 0 Å². The van der Waals surface area contributed by atoms with Crippen molar-refractivity contribution < 1.29 is 0 Å². The molecule has 0 amide bonds. The Morgan fingerprint density at radius 3 is 0.890 bits per heavy atom. The van der Waals surface area contributed by atoms with Gasteiger partial charge in [-0.25, -0.2) is 0 Å². The van der Waals surface area contributed by atoms with Gasteiger partial charge in [0, 0.05) is 0 Å². The molecule has 82 heavy (non-hydrogen) atoms. The monoisotopic (exact) mass is 1040 g/mol. The molecular formula is C82H60. The van der Waals surface area contributed by atoms with Gasteiger partial charge in [0.05, 0.1) is 0 Å². The van der Waals surface area contributed by atoms with E-state index >= 15 is 0 Å². The zero-order chi connectivity index (χ0) is 55.2. The zero-order valence-electron chi connectivity index (χ0n) is 47.0. The van der Waals surface area contributed by atoms with Gasteiger partial charge in [-0.3, -0.25) is 0 Å². The first kappa shape index (κ1) is 49.2. The van der Waals surface area contributed by atoms with Gasteiger partial charge in [-0.15, -0.1) is 0 Å². The summed E-state index contributed by atoms with van der Waals surface area (Å²) < 4.78 is 0. The Hall–Kier alpha value is -9.88. The second kappa shape index (κ2) is 19.4. The van der Waals surface area contributed by atoms with Crippen LogP contribution >= 0.6 is 0 Å². The summed E-state index contributed by atoms with van der Waals surface area (Å²) in [7, 11) is 0. The molecule has 16 aromatic rings. The van der Waals surface area contributed by atoms with Crippen molar-refractivity contribution in [2.75, 3.05) is 0 Å². The maximum atomic E-state index is 2.38. The van der Waals surface area contributed by atoms with Gasteiger partial charge in [0.2, 0.25) is 0 Å². The van der Waals surface area contributed by atoms with Crippen LogP contribution in [0, 0.1) is 13.8 Å². The highest BCUT2D eigenvalue weighted by atomic mass is 14.2. The molecule has 0 heterocycles. The molecule has 0 aromatic heterocycles. The smallest absolute Gasteiger partial charge is 0.00203 e. The van der Waals surface area contributed by atoms with Crippen LogP contribution in [0.3, 0.4) is 0 Å². The SMILES string of the molecule is CC(C)(C)c1ccc(-c2ccc3ccc4c(-c5cc6ccccc6cc5-c5ccccc5)ccc5ccc2c3c54)cc1.Cc1cc(C)cc(-c2ccc3ccc4c(-c5cc6ccccc6cc5-c5ccccc5)ccc5ccc2c3c54)c1. The quantitative estimate of drug-likeness (QED) is 0.146. The van der Waals surface area contributed by atoms with E-state index in [1.165, 1.54) is 170 Å². The third-order valence-corrected chi connectivity index (χ3v) is 17.4. The van der Waals surface area contributed by atoms with Crippen LogP contribution in [0.15, 0.2) is 273 Å². The predicted octanol–water partition coefficient (Wildman–Crippen LogP) is 23.4. The first-order valence-corrected chi connectivity index (χ1v) is 28.9. The number of benzene rings is 16. The fourth-order valence-electron chi connectivity index (χ4n) is 13.5. The lowest BCUT2D eigenvalue weighted by atomic mass is 9.84. The second-order valence-electron chi connectivity index (χ2n) is 23.7. The normalized spacial score (nSPS) is 12.0. The molecule has 0 saturated carbocycles. The van der Waals surface area contributed by atoms with Crippen LogP contribution in [0.1, 0.15) is 37.5 Å². The molecule has 0 atom stereocenters. The van der Waals surface area contributed by atoms with Gasteiger partial charge in [0.25, 0.3) is 0 Å². The van der Waals surface area contributed by atoms with E-state index in [1.807, 2.05) is 0 Å². The topological polar surface area (TPSA) is 0 Å². The average molecular weight is 1050 g/mol. The minimum Gasteiger partial charge on any atom is -0.0622 e. The molecule has 0 radical (unpaired) electrons. The third kappa shape index (κ3) is 8.37. The maximum Gasteiger partial charge on any atom is -0.00203 e. The summed E-state index contributed by atoms with van der Waals surface area (Å²) in [5.74, 6) is 0. The number of aryl methyl sites for hydroxylation is 2. The van der Waals surface area contributed by atoms with Crippen molar-refractivity contribution in [2.45, 2.75) is 40.0 Å². The Labute approximate surface area is 479 Å². The summed E-state index contributed by atoms with van der Waals surface area (Å²) in [5.41, 5.74) is 19.4. The maximum absolute atomic E-state index is 2.38. The number of hydrogen-bond donors (Lipinski definition) is 0. The van der Waals surface area contributed by atoms with Gasteiger partial charge in [-0.2, -0.15) is 0 Å². The van der Waals surface area contributed by atoms with Crippen LogP contribution in [0.2, 0.25) is 0 Å². The largest absolute Gasteiger partial charge is 0.0622 e. The minimum absolute atomic E-state index is 0.138. The van der Waals surface area contributed by atoms with E-state index in [1.54, 1.807) is 0 Å². The summed E-state index contributed by atoms with van der Waals surface area (Å²) >= 11 is 0. The highest BCUT2D eigenvalue weighted by Crippen LogP contribution is 2.48. The van der Waals surface area contributed by atoms with E-state index in [0.717, 1.165) is 0 Å². The summed E-state index contributed by atoms with van der Waals surface area (Å²) in [5, 5.41) is 20.9. The zero-order valence-corrected chi connectivity index (χ0v) is 47.0. The van der Waals surface area contributed by atoms with Gasteiger partial charge in [-0.05, 0) is 202 Å². The third-order valence-electron chi connectivity index (χ3n) is 17.4. The van der Waals surface area contributed by atoms with Crippen molar-refractivity contribution >= 4 is 86.2 Å². The molecule has 16 aromatic carbocycles. The van der Waals surface area contributed by atoms with Crippen LogP contribution < -0.4 is 0 Å². The lowest BCUT2D eigenvalue weighted by Crippen LogP contribution is -2.10. The van der Waals surface area contributed by atoms with E-state index in [2.05, 4.69) is 308 Å². The van der Waals surface area contributed by atoms with Crippen LogP contribution in [0.4, 0.5) is 0 Å². The Kier molecular flexibility index (Phi) is 11.7. The van der Waals surface area contributed by atoms with E-state index in [9.17, 15) is 0 Å². The molecule has 0 spiro atoms. The first-order chi connectivity index (χ1) is 40.1. The van der Waals surface area contributed by atoms with E-state index in [4.69, 9.17) is 0 Å². The fourth-order valence-corrected chi connectivity index (χ4v) is 13.5. The molecule has 0 bridgehead atoms. The van der Waals surface area contributed by atoms with Crippen molar-refractivity contribution in [1.82, 2.24) is 0 Å². The van der Waals surface area contributed by atoms with Crippen molar-refractivity contribution in [3.05, 3.63) is 290 Å². The molecule has 0 saturated heterocycles. The number of fused-ring (bicyclic) bond motifs is 2. The molecule has 0 aliphatic rings. The molecule has 0 unspecified atom stereocenters. The van der Waals surface area contributed by atoms with E-state index in [0.29, 0.717) is 0 Å². The molecule has 0 heteroatoms. The Bertz CT molecular complexity index is 5090. The Balaban J connectivity index is 0.000000141. The fraction of sp³-hybridized carbons (Fsp3) is 0.0732. The van der Waals surface area contributed by atoms with Crippen LogP contribution in [-0.4, -0.2) is 0 Å². The minimum atomic E-state index is 0.138. The van der Waals surface area contributed by atoms with Crippen LogP contribution in [0.25, 0.3) is 153 Å². The second-order valence-corrected chi connectivity index (χ2v) is 23.7. The summed E-state index contributed by atoms with van der Waals surface area (Å²) in [6, 6.07) is 101. The summed E-state index contributed by atoms with van der Waals surface area (Å²) in [4.78, 5) is 0. The average Bonchev–Trinajstić information content (AvgIpc) is 3.50. The molecule has 0 N–H and O–H groups in total. The first-order valence-electron chi connectivity index (χ1n) is 28.9. The van der Waals surface area contributed by atoms with E-state index in [-0.39, 0.29) is 5.41 Å². The Morgan fingerprint density at radius 1 is 0.207 bits per heavy atom. The molecule has 0 aliphatic heterocycles. The molecule has 0 nitrogen and oxygen atoms in total. The van der Waals surface area contributed by atoms with Crippen molar-refractivity contribution in [2.24, 2.45) is 0 Å². The summed E-state index contributed by atoms with van der Waals surface area (Å²) in [6.07, 6.45) is 0. The van der Waals surface area contributed by atoms with Gasteiger partial charge in [-0.1, -0.05) is 281 Å².